The molecule has 2 saturated heterocycles. The molecule has 1 aromatic carbocycles. The van der Waals surface area contributed by atoms with Crippen molar-refractivity contribution in [3.63, 3.8) is 0 Å². The average molecular weight is 318 g/mol. The van der Waals surface area contributed by atoms with Crippen LogP contribution in [0.15, 0.2) is 24.3 Å². The van der Waals surface area contributed by atoms with Gasteiger partial charge in [-0.1, -0.05) is 18.2 Å². The van der Waals surface area contributed by atoms with E-state index in [2.05, 4.69) is 10.6 Å². The van der Waals surface area contributed by atoms with Gasteiger partial charge in [-0.25, -0.2) is 0 Å². The Bertz CT molecular complexity index is 523. The molecule has 2 heterocycles. The van der Waals surface area contributed by atoms with E-state index in [0.29, 0.717) is 31.0 Å². The number of aliphatic hydroxyl groups excluding tert-OH is 1. The van der Waals surface area contributed by atoms with Crippen LogP contribution in [0, 0.1) is 5.92 Å². The monoisotopic (exact) mass is 318 g/mol. The molecule has 2 aliphatic rings. The Balaban J connectivity index is 1.47. The number of nitrogens with one attached hydrogen (secondary N) is 2. The molecule has 0 spiro atoms. The van der Waals surface area contributed by atoms with Gasteiger partial charge in [-0.3, -0.25) is 4.79 Å². The van der Waals surface area contributed by atoms with Gasteiger partial charge in [-0.05, 0) is 37.7 Å². The Kier molecular flexibility index (Phi) is 5.51. The van der Waals surface area contributed by atoms with Crippen molar-refractivity contribution >= 4 is 5.91 Å². The summed E-state index contributed by atoms with van der Waals surface area (Å²) in [4.78, 5) is 12.2. The molecule has 5 nitrogen and oxygen atoms in total. The third-order valence-electron chi connectivity index (χ3n) is 4.84. The standard InChI is InChI=1S/C18H26N2O3/c21-7-8-23-17-4-2-1-3-14(17)12-19-18(22)11-13-9-15-5-6-16(10-13)20-15/h1-4,13,15-16,20-21H,5-12H2,(H,19,22). The largest absolute Gasteiger partial charge is 0.491 e. The van der Waals surface area contributed by atoms with E-state index in [1.807, 2.05) is 24.3 Å². The summed E-state index contributed by atoms with van der Waals surface area (Å²) in [7, 11) is 0. The van der Waals surface area contributed by atoms with Gasteiger partial charge in [0.2, 0.25) is 5.91 Å². The van der Waals surface area contributed by atoms with E-state index in [9.17, 15) is 4.79 Å². The number of hydrogen-bond acceptors (Lipinski definition) is 4. The smallest absolute Gasteiger partial charge is 0.220 e. The van der Waals surface area contributed by atoms with Crippen LogP contribution in [0.4, 0.5) is 0 Å². The van der Waals surface area contributed by atoms with Crippen LogP contribution in [0.25, 0.3) is 0 Å². The molecule has 1 amide bonds. The molecular formula is C18H26N2O3. The fourth-order valence-corrected chi connectivity index (χ4v) is 3.82. The van der Waals surface area contributed by atoms with Crippen molar-refractivity contribution in [2.24, 2.45) is 5.92 Å². The molecule has 5 heteroatoms. The van der Waals surface area contributed by atoms with E-state index in [-0.39, 0.29) is 19.1 Å². The van der Waals surface area contributed by atoms with Crippen LogP contribution in [0.2, 0.25) is 0 Å². The first kappa shape index (κ1) is 16.3. The molecule has 2 atom stereocenters. The number of aliphatic hydroxyl groups is 1. The first-order valence-electron chi connectivity index (χ1n) is 8.59. The second kappa shape index (κ2) is 7.79. The number of fused-ring (bicyclic) bond motifs is 2. The summed E-state index contributed by atoms with van der Waals surface area (Å²) in [5.74, 6) is 1.35. The summed E-state index contributed by atoms with van der Waals surface area (Å²) in [5.41, 5.74) is 0.944. The number of hydrogen-bond donors (Lipinski definition) is 3. The molecule has 0 aromatic heterocycles. The molecule has 1 aromatic rings. The highest BCUT2D eigenvalue weighted by Crippen LogP contribution is 2.32. The van der Waals surface area contributed by atoms with Crippen molar-refractivity contribution in [1.29, 1.82) is 0 Å². The lowest BCUT2D eigenvalue weighted by Gasteiger charge is -2.28. The van der Waals surface area contributed by atoms with Crippen LogP contribution in [0.3, 0.4) is 0 Å². The predicted molar refractivity (Wildman–Crippen MR) is 88.2 cm³/mol. The number of carbonyl (C=O) groups is 1. The summed E-state index contributed by atoms with van der Waals surface area (Å²) < 4.78 is 5.50. The summed E-state index contributed by atoms with van der Waals surface area (Å²) in [5, 5.41) is 15.5. The first-order chi connectivity index (χ1) is 11.2. The number of carbonyl (C=O) groups excluding carboxylic acids is 1. The Labute approximate surface area is 137 Å². The molecular weight excluding hydrogens is 292 g/mol. The number of amides is 1. The minimum absolute atomic E-state index is 0.0151. The van der Waals surface area contributed by atoms with Crippen LogP contribution in [0.1, 0.15) is 37.7 Å². The molecule has 0 aliphatic carbocycles. The molecule has 23 heavy (non-hydrogen) atoms. The molecule has 0 saturated carbocycles. The summed E-state index contributed by atoms with van der Waals surface area (Å²) in [6.45, 7) is 0.722. The van der Waals surface area contributed by atoms with Crippen LogP contribution in [-0.4, -0.2) is 36.3 Å². The summed E-state index contributed by atoms with van der Waals surface area (Å²) >= 11 is 0. The van der Waals surface area contributed by atoms with Gasteiger partial charge in [0.1, 0.15) is 12.4 Å². The van der Waals surface area contributed by atoms with Crippen molar-refractivity contribution in [2.45, 2.75) is 50.7 Å². The topological polar surface area (TPSA) is 70.6 Å². The quantitative estimate of drug-likeness (QED) is 0.714. The lowest BCUT2D eigenvalue weighted by molar-refractivity contribution is -0.122. The minimum atomic E-state index is -0.0151. The zero-order chi connectivity index (χ0) is 16.1. The van der Waals surface area contributed by atoms with Crippen molar-refractivity contribution in [3.8, 4) is 5.75 Å². The van der Waals surface area contributed by atoms with Crippen LogP contribution in [-0.2, 0) is 11.3 Å². The summed E-state index contributed by atoms with van der Waals surface area (Å²) in [6, 6.07) is 8.87. The van der Waals surface area contributed by atoms with Gasteiger partial charge >= 0.3 is 0 Å². The van der Waals surface area contributed by atoms with Gasteiger partial charge in [0.05, 0.1) is 6.61 Å². The van der Waals surface area contributed by atoms with Crippen LogP contribution >= 0.6 is 0 Å². The third-order valence-corrected chi connectivity index (χ3v) is 4.84. The van der Waals surface area contributed by atoms with Gasteiger partial charge in [0, 0.05) is 30.6 Å². The van der Waals surface area contributed by atoms with Crippen molar-refractivity contribution < 1.29 is 14.6 Å². The maximum Gasteiger partial charge on any atom is 0.220 e. The van der Waals surface area contributed by atoms with Gasteiger partial charge < -0.3 is 20.5 Å². The molecule has 2 fully saturated rings. The Morgan fingerprint density at radius 3 is 2.74 bits per heavy atom. The van der Waals surface area contributed by atoms with Crippen molar-refractivity contribution in [3.05, 3.63) is 29.8 Å². The van der Waals surface area contributed by atoms with Crippen LogP contribution < -0.4 is 15.4 Å². The van der Waals surface area contributed by atoms with E-state index in [4.69, 9.17) is 9.84 Å². The zero-order valence-corrected chi connectivity index (χ0v) is 13.5. The highest BCUT2D eigenvalue weighted by atomic mass is 16.5. The van der Waals surface area contributed by atoms with Crippen LogP contribution in [0.5, 0.6) is 5.75 Å². The second-order valence-corrected chi connectivity index (χ2v) is 6.64. The van der Waals surface area contributed by atoms with Crippen molar-refractivity contribution in [2.75, 3.05) is 13.2 Å². The normalized spacial score (nSPS) is 26.0. The molecule has 2 bridgehead atoms. The van der Waals surface area contributed by atoms with Gasteiger partial charge in [0.25, 0.3) is 0 Å². The number of ether oxygens (including phenoxy) is 1. The molecule has 126 valence electrons. The highest BCUT2D eigenvalue weighted by Gasteiger charge is 2.34. The molecule has 2 unspecified atom stereocenters. The lowest BCUT2D eigenvalue weighted by Crippen LogP contribution is -2.39. The van der Waals surface area contributed by atoms with Gasteiger partial charge in [0.15, 0.2) is 0 Å². The van der Waals surface area contributed by atoms with E-state index >= 15 is 0 Å². The lowest BCUT2D eigenvalue weighted by atomic mass is 9.89. The number of para-hydroxylation sites is 1. The maximum atomic E-state index is 12.2. The number of rotatable bonds is 7. The second-order valence-electron chi connectivity index (χ2n) is 6.64. The predicted octanol–water partition coefficient (Wildman–Crippen LogP) is 1.59. The van der Waals surface area contributed by atoms with E-state index in [0.717, 1.165) is 24.2 Å². The maximum absolute atomic E-state index is 12.2. The zero-order valence-electron chi connectivity index (χ0n) is 13.5. The van der Waals surface area contributed by atoms with Gasteiger partial charge in [-0.2, -0.15) is 0 Å². The third kappa shape index (κ3) is 4.45. The number of piperidine rings is 1. The number of benzene rings is 1. The first-order valence-corrected chi connectivity index (χ1v) is 8.59. The molecule has 3 rings (SSSR count). The molecule has 2 aliphatic heterocycles. The molecule has 3 N–H and O–H groups in total. The van der Waals surface area contributed by atoms with E-state index in [1.165, 1.54) is 12.8 Å². The average Bonchev–Trinajstić information content (AvgIpc) is 2.90. The highest BCUT2D eigenvalue weighted by molar-refractivity contribution is 5.76. The summed E-state index contributed by atoms with van der Waals surface area (Å²) in [6.07, 6.45) is 5.39. The fraction of sp³-hybridized carbons (Fsp3) is 0.611. The fourth-order valence-electron chi connectivity index (χ4n) is 3.82. The van der Waals surface area contributed by atoms with E-state index < -0.39 is 0 Å². The minimum Gasteiger partial charge on any atom is -0.491 e. The Hall–Kier alpha value is -1.59. The Morgan fingerprint density at radius 2 is 2.00 bits per heavy atom. The van der Waals surface area contributed by atoms with Gasteiger partial charge in [-0.15, -0.1) is 0 Å². The SMILES string of the molecule is O=C(CC1CC2CCC(C1)N2)NCc1ccccc1OCCO. The molecule has 0 radical (unpaired) electrons. The Morgan fingerprint density at radius 1 is 1.26 bits per heavy atom. The van der Waals surface area contributed by atoms with E-state index in [1.54, 1.807) is 0 Å². The van der Waals surface area contributed by atoms with Crippen molar-refractivity contribution in [1.82, 2.24) is 10.6 Å².